The van der Waals surface area contributed by atoms with Crippen LogP contribution in [-0.4, -0.2) is 11.7 Å². The number of hydrogen-bond donors (Lipinski definition) is 2. The molecule has 0 radical (unpaired) electrons. The molecule has 0 saturated heterocycles. The van der Waals surface area contributed by atoms with Gasteiger partial charge >= 0.3 is 0 Å². The monoisotopic (exact) mass is 300 g/mol. The Kier molecular flexibility index (Phi) is 5.28. The van der Waals surface area contributed by atoms with Crippen LogP contribution in [0.4, 0.5) is 11.4 Å². The lowest BCUT2D eigenvalue weighted by Gasteiger charge is -2.09. The number of aryl methyl sites for hydroxylation is 2. The number of anilines is 2. The molecule has 21 heavy (non-hydrogen) atoms. The lowest BCUT2D eigenvalue weighted by molar-refractivity contribution is -0.113. The average molecular weight is 300 g/mol. The van der Waals surface area contributed by atoms with Crippen LogP contribution in [0, 0.1) is 13.8 Å². The first kappa shape index (κ1) is 15.4. The van der Waals surface area contributed by atoms with Crippen LogP contribution in [0.5, 0.6) is 0 Å². The minimum absolute atomic E-state index is 0.0239. The number of benzene rings is 2. The Morgan fingerprint density at radius 2 is 1.95 bits per heavy atom. The Balaban J connectivity index is 1.84. The van der Waals surface area contributed by atoms with E-state index in [0.29, 0.717) is 17.1 Å². The van der Waals surface area contributed by atoms with Gasteiger partial charge in [0.25, 0.3) is 0 Å². The molecule has 0 aliphatic carbocycles. The summed E-state index contributed by atoms with van der Waals surface area (Å²) in [5, 5.41) is 2.85. The van der Waals surface area contributed by atoms with Gasteiger partial charge in [0.15, 0.2) is 0 Å². The van der Waals surface area contributed by atoms with Gasteiger partial charge in [0.05, 0.1) is 17.1 Å². The fraction of sp³-hybridized carbons (Fsp3) is 0.235. The predicted molar refractivity (Wildman–Crippen MR) is 91.6 cm³/mol. The highest BCUT2D eigenvalue weighted by Gasteiger charge is 2.06. The summed E-state index contributed by atoms with van der Waals surface area (Å²) in [6, 6.07) is 13.9. The van der Waals surface area contributed by atoms with Gasteiger partial charge in [-0.2, -0.15) is 0 Å². The molecule has 0 aliphatic heterocycles. The van der Waals surface area contributed by atoms with Gasteiger partial charge in [0.2, 0.25) is 5.91 Å². The summed E-state index contributed by atoms with van der Waals surface area (Å²) in [5.41, 5.74) is 10.8. The van der Waals surface area contributed by atoms with E-state index in [9.17, 15) is 4.79 Å². The van der Waals surface area contributed by atoms with Gasteiger partial charge in [-0.25, -0.2) is 0 Å². The number of amides is 1. The summed E-state index contributed by atoms with van der Waals surface area (Å²) < 4.78 is 0. The highest BCUT2D eigenvalue weighted by atomic mass is 32.2. The van der Waals surface area contributed by atoms with Crippen molar-refractivity contribution in [3.63, 3.8) is 0 Å². The van der Waals surface area contributed by atoms with Crippen molar-refractivity contribution in [1.82, 2.24) is 0 Å². The number of carbonyl (C=O) groups excluding carboxylic acids is 1. The third kappa shape index (κ3) is 4.53. The molecule has 0 heterocycles. The van der Waals surface area contributed by atoms with Gasteiger partial charge in [0, 0.05) is 5.75 Å². The largest absolute Gasteiger partial charge is 0.397 e. The molecule has 3 N–H and O–H groups in total. The van der Waals surface area contributed by atoms with Gasteiger partial charge < -0.3 is 11.1 Å². The number of hydrogen-bond acceptors (Lipinski definition) is 3. The van der Waals surface area contributed by atoms with Crippen LogP contribution in [0.1, 0.15) is 16.7 Å². The molecule has 3 nitrogen and oxygen atoms in total. The second kappa shape index (κ2) is 7.18. The van der Waals surface area contributed by atoms with E-state index < -0.39 is 0 Å². The molecule has 0 fully saturated rings. The Labute approximate surface area is 129 Å². The molecule has 0 unspecified atom stereocenters. The Morgan fingerprint density at radius 3 is 2.67 bits per heavy atom. The molecule has 4 heteroatoms. The number of nitrogens with one attached hydrogen (secondary N) is 1. The smallest absolute Gasteiger partial charge is 0.234 e. The van der Waals surface area contributed by atoms with Crippen LogP contribution >= 0.6 is 11.8 Å². The fourth-order valence-electron chi connectivity index (χ4n) is 2.01. The molecular weight excluding hydrogens is 280 g/mol. The molecule has 110 valence electrons. The van der Waals surface area contributed by atoms with Gasteiger partial charge in [-0.3, -0.25) is 4.79 Å². The van der Waals surface area contributed by atoms with Crippen molar-refractivity contribution in [1.29, 1.82) is 0 Å². The summed E-state index contributed by atoms with van der Waals surface area (Å²) in [5.74, 6) is 1.23. The van der Waals surface area contributed by atoms with Crippen molar-refractivity contribution >= 4 is 29.0 Å². The molecule has 0 spiro atoms. The minimum Gasteiger partial charge on any atom is -0.397 e. The molecule has 0 atom stereocenters. The molecule has 0 saturated carbocycles. The van der Waals surface area contributed by atoms with Crippen molar-refractivity contribution in [2.45, 2.75) is 19.6 Å². The van der Waals surface area contributed by atoms with Crippen molar-refractivity contribution in [3.8, 4) is 0 Å². The number of thioether (sulfide) groups is 1. The van der Waals surface area contributed by atoms with E-state index in [1.807, 2.05) is 37.3 Å². The standard InChI is InChI=1S/C17H20N2OS/c1-12-7-8-16(15(18)9-12)19-17(20)11-21-10-14-6-4-3-5-13(14)2/h3-9H,10-11,18H2,1-2H3,(H,19,20). The number of nitrogen functional groups attached to an aromatic ring is 1. The van der Waals surface area contributed by atoms with E-state index in [4.69, 9.17) is 5.73 Å². The van der Waals surface area contributed by atoms with Gasteiger partial charge in [0.1, 0.15) is 0 Å². The molecule has 2 aromatic carbocycles. The van der Waals surface area contributed by atoms with Gasteiger partial charge in [-0.05, 0) is 42.7 Å². The zero-order valence-electron chi connectivity index (χ0n) is 12.3. The first-order chi connectivity index (χ1) is 10.1. The van der Waals surface area contributed by atoms with Gasteiger partial charge in [-0.1, -0.05) is 30.3 Å². The summed E-state index contributed by atoms with van der Waals surface area (Å²) in [6.07, 6.45) is 0. The third-order valence-corrected chi connectivity index (χ3v) is 4.21. The number of nitrogens with two attached hydrogens (primary N) is 1. The van der Waals surface area contributed by atoms with Crippen molar-refractivity contribution < 1.29 is 4.79 Å². The highest BCUT2D eigenvalue weighted by Crippen LogP contribution is 2.20. The van der Waals surface area contributed by atoms with E-state index in [1.54, 1.807) is 11.8 Å². The molecular formula is C17H20N2OS. The second-order valence-corrected chi connectivity index (χ2v) is 6.04. The van der Waals surface area contributed by atoms with Gasteiger partial charge in [-0.15, -0.1) is 11.8 Å². The topological polar surface area (TPSA) is 55.1 Å². The van der Waals surface area contributed by atoms with E-state index in [1.165, 1.54) is 11.1 Å². The lowest BCUT2D eigenvalue weighted by atomic mass is 10.1. The summed E-state index contributed by atoms with van der Waals surface area (Å²) in [7, 11) is 0. The SMILES string of the molecule is Cc1ccc(NC(=O)CSCc2ccccc2C)c(N)c1. The zero-order valence-corrected chi connectivity index (χ0v) is 13.2. The minimum atomic E-state index is -0.0239. The summed E-state index contributed by atoms with van der Waals surface area (Å²) >= 11 is 1.60. The first-order valence-corrected chi connectivity index (χ1v) is 8.00. The summed E-state index contributed by atoms with van der Waals surface area (Å²) in [6.45, 7) is 4.06. The van der Waals surface area contributed by atoms with Crippen LogP contribution in [-0.2, 0) is 10.5 Å². The predicted octanol–water partition coefficient (Wildman–Crippen LogP) is 3.76. The fourth-order valence-corrected chi connectivity index (χ4v) is 2.91. The van der Waals surface area contributed by atoms with Crippen LogP contribution in [0.15, 0.2) is 42.5 Å². The van der Waals surface area contributed by atoms with E-state index in [0.717, 1.165) is 11.3 Å². The molecule has 0 bridgehead atoms. The Hall–Kier alpha value is -1.94. The summed E-state index contributed by atoms with van der Waals surface area (Å²) in [4.78, 5) is 11.9. The maximum Gasteiger partial charge on any atom is 0.234 e. The first-order valence-electron chi connectivity index (χ1n) is 6.84. The van der Waals surface area contributed by atoms with Crippen LogP contribution in [0.25, 0.3) is 0 Å². The maximum atomic E-state index is 11.9. The van der Waals surface area contributed by atoms with E-state index in [2.05, 4.69) is 24.4 Å². The molecule has 2 rings (SSSR count). The molecule has 1 amide bonds. The molecule has 0 aromatic heterocycles. The quantitative estimate of drug-likeness (QED) is 0.827. The van der Waals surface area contributed by atoms with E-state index >= 15 is 0 Å². The molecule has 0 aliphatic rings. The third-order valence-electron chi connectivity index (χ3n) is 3.23. The normalized spacial score (nSPS) is 10.4. The molecule has 2 aromatic rings. The number of rotatable bonds is 5. The Morgan fingerprint density at radius 1 is 1.19 bits per heavy atom. The van der Waals surface area contributed by atoms with Crippen molar-refractivity contribution in [2.75, 3.05) is 16.8 Å². The van der Waals surface area contributed by atoms with Crippen LogP contribution in [0.2, 0.25) is 0 Å². The number of carbonyl (C=O) groups is 1. The Bertz CT molecular complexity index is 640. The van der Waals surface area contributed by atoms with Crippen molar-refractivity contribution in [3.05, 3.63) is 59.2 Å². The van der Waals surface area contributed by atoms with E-state index in [-0.39, 0.29) is 5.91 Å². The van der Waals surface area contributed by atoms with Crippen LogP contribution < -0.4 is 11.1 Å². The van der Waals surface area contributed by atoms with Crippen LogP contribution in [0.3, 0.4) is 0 Å². The lowest BCUT2D eigenvalue weighted by Crippen LogP contribution is -2.15. The second-order valence-electron chi connectivity index (χ2n) is 5.06. The zero-order chi connectivity index (χ0) is 15.2. The highest BCUT2D eigenvalue weighted by molar-refractivity contribution is 7.99. The maximum absolute atomic E-state index is 11.9. The van der Waals surface area contributed by atoms with Crippen molar-refractivity contribution in [2.24, 2.45) is 0 Å². The average Bonchev–Trinajstić information content (AvgIpc) is 2.44.